The van der Waals surface area contributed by atoms with Crippen LogP contribution in [0.4, 0.5) is 22.0 Å². The molecule has 1 aliphatic carbocycles. The lowest BCUT2D eigenvalue weighted by Gasteiger charge is -2.46. The number of aliphatic carboxylic acids is 1. The standard InChI is InChI=1S/C30H36F2N4O3.C2HF3O2/c1-18(2)14-25-28(37)33-26(21-15-19-6-4-5-7-20(19)16-21)29(38)36(25)27(23-9-8-22(31)17-24(23)32)30(39)35-12-10-34(3)11-13-35;3-2(4,5)1(6)7/h4-9,17-18,21,25-27H,10-16H2,1-3H3,(H,33,37);(H,6,7). The fourth-order valence-electron chi connectivity index (χ4n) is 6.20. The summed E-state index contributed by atoms with van der Waals surface area (Å²) in [5.74, 6) is -5.78. The van der Waals surface area contributed by atoms with Crippen LogP contribution in [0.1, 0.15) is 43.0 Å². The normalized spacial score (nSPS) is 21.4. The van der Waals surface area contributed by atoms with E-state index >= 15 is 4.39 Å². The first-order valence-electron chi connectivity index (χ1n) is 15.0. The Hall–Kier alpha value is -4.07. The predicted octanol–water partition coefficient (Wildman–Crippen LogP) is 3.57. The zero-order chi connectivity index (χ0) is 33.9. The van der Waals surface area contributed by atoms with E-state index in [2.05, 4.69) is 10.2 Å². The summed E-state index contributed by atoms with van der Waals surface area (Å²) >= 11 is 0. The number of carboxylic acid groups (broad SMARTS) is 1. The molecular weight excluding hydrogens is 615 g/mol. The van der Waals surface area contributed by atoms with Crippen LogP contribution >= 0.6 is 0 Å². The van der Waals surface area contributed by atoms with E-state index in [-0.39, 0.29) is 23.3 Å². The highest BCUT2D eigenvalue weighted by Crippen LogP contribution is 2.37. The molecule has 2 aliphatic heterocycles. The summed E-state index contributed by atoms with van der Waals surface area (Å²) in [6.07, 6.45) is -3.53. The monoisotopic (exact) mass is 652 g/mol. The van der Waals surface area contributed by atoms with Gasteiger partial charge in [0.15, 0.2) is 0 Å². The third-order valence-corrected chi connectivity index (χ3v) is 8.53. The third kappa shape index (κ3) is 7.83. The number of benzene rings is 2. The number of carbonyl (C=O) groups is 4. The lowest BCUT2D eigenvalue weighted by Crippen LogP contribution is -2.67. The number of halogens is 5. The minimum atomic E-state index is -5.08. The van der Waals surface area contributed by atoms with E-state index in [0.29, 0.717) is 45.4 Å². The Bertz CT molecular complexity index is 1440. The van der Waals surface area contributed by atoms with Gasteiger partial charge in [0.25, 0.3) is 0 Å². The van der Waals surface area contributed by atoms with Gasteiger partial charge in [-0.3, -0.25) is 14.4 Å². The number of fused-ring (bicyclic) bond motifs is 1. The first kappa shape index (κ1) is 34.8. The van der Waals surface area contributed by atoms with Crippen molar-refractivity contribution in [2.75, 3.05) is 33.2 Å². The molecule has 0 spiro atoms. The van der Waals surface area contributed by atoms with Gasteiger partial charge in [-0.2, -0.15) is 13.2 Å². The molecule has 250 valence electrons. The van der Waals surface area contributed by atoms with Crippen molar-refractivity contribution in [3.8, 4) is 0 Å². The molecule has 2 aromatic carbocycles. The van der Waals surface area contributed by atoms with Crippen molar-refractivity contribution in [1.82, 2.24) is 20.0 Å². The summed E-state index contributed by atoms with van der Waals surface area (Å²) < 4.78 is 61.1. The van der Waals surface area contributed by atoms with E-state index in [1.807, 2.05) is 45.2 Å². The van der Waals surface area contributed by atoms with Gasteiger partial charge in [-0.15, -0.1) is 0 Å². The maximum absolute atomic E-state index is 15.4. The fraction of sp³-hybridized carbons (Fsp3) is 0.500. The summed E-state index contributed by atoms with van der Waals surface area (Å²) in [7, 11) is 1.96. The number of likely N-dealkylation sites (N-methyl/N-ethyl adjacent to an activating group) is 1. The van der Waals surface area contributed by atoms with E-state index in [1.165, 1.54) is 11.0 Å². The molecule has 2 fully saturated rings. The van der Waals surface area contributed by atoms with Crippen LogP contribution in [0.25, 0.3) is 0 Å². The van der Waals surface area contributed by atoms with Crippen LogP contribution in [0, 0.1) is 23.5 Å². The molecule has 0 bridgehead atoms. The van der Waals surface area contributed by atoms with Gasteiger partial charge in [-0.05, 0) is 55.3 Å². The maximum Gasteiger partial charge on any atom is 0.490 e. The Morgan fingerprint density at radius 3 is 2.04 bits per heavy atom. The number of rotatable bonds is 6. The van der Waals surface area contributed by atoms with Crippen molar-refractivity contribution in [1.29, 1.82) is 0 Å². The second kappa shape index (κ2) is 14.1. The number of hydrogen-bond donors (Lipinski definition) is 2. The number of hydrogen-bond acceptors (Lipinski definition) is 5. The van der Waals surface area contributed by atoms with Crippen LogP contribution in [0.2, 0.25) is 0 Å². The van der Waals surface area contributed by atoms with Crippen LogP contribution in [0.3, 0.4) is 0 Å². The Kier molecular flexibility index (Phi) is 10.7. The second-order valence-electron chi connectivity index (χ2n) is 12.3. The third-order valence-electron chi connectivity index (χ3n) is 8.53. The Labute approximate surface area is 263 Å². The molecule has 2 aromatic rings. The van der Waals surface area contributed by atoms with Gasteiger partial charge in [-0.25, -0.2) is 13.6 Å². The number of nitrogens with zero attached hydrogens (tertiary/aromatic N) is 3. The molecule has 5 rings (SSSR count). The van der Waals surface area contributed by atoms with Crippen LogP contribution in [0.5, 0.6) is 0 Å². The van der Waals surface area contributed by atoms with Crippen LogP contribution in [-0.2, 0) is 32.0 Å². The van der Waals surface area contributed by atoms with Gasteiger partial charge in [0.1, 0.15) is 29.8 Å². The van der Waals surface area contributed by atoms with Crippen LogP contribution in [-0.4, -0.2) is 95.0 Å². The van der Waals surface area contributed by atoms with Crippen LogP contribution in [0.15, 0.2) is 42.5 Å². The second-order valence-corrected chi connectivity index (χ2v) is 12.3. The number of carbonyl (C=O) groups excluding carboxylic acids is 3. The number of piperazine rings is 2. The Morgan fingerprint density at radius 2 is 1.54 bits per heavy atom. The molecule has 14 heteroatoms. The van der Waals surface area contributed by atoms with E-state index in [0.717, 1.165) is 23.3 Å². The minimum absolute atomic E-state index is 0.0285. The molecule has 2 heterocycles. The lowest BCUT2D eigenvalue weighted by molar-refractivity contribution is -0.192. The largest absolute Gasteiger partial charge is 0.490 e. The van der Waals surface area contributed by atoms with Gasteiger partial charge in [0.05, 0.1) is 0 Å². The van der Waals surface area contributed by atoms with Crippen LogP contribution < -0.4 is 5.32 Å². The Morgan fingerprint density at radius 1 is 0.978 bits per heavy atom. The van der Waals surface area contributed by atoms with Gasteiger partial charge >= 0.3 is 12.1 Å². The minimum Gasteiger partial charge on any atom is -0.475 e. The molecule has 3 atom stereocenters. The zero-order valence-electron chi connectivity index (χ0n) is 25.7. The van der Waals surface area contributed by atoms with Gasteiger partial charge < -0.3 is 25.1 Å². The van der Waals surface area contributed by atoms with Gasteiger partial charge in [0.2, 0.25) is 17.7 Å². The predicted molar refractivity (Wildman–Crippen MR) is 156 cm³/mol. The van der Waals surface area contributed by atoms with E-state index in [9.17, 15) is 31.9 Å². The molecular formula is C32H37F5N4O5. The molecule has 3 amide bonds. The smallest absolute Gasteiger partial charge is 0.475 e. The van der Waals surface area contributed by atoms with Crippen molar-refractivity contribution in [2.24, 2.45) is 11.8 Å². The molecule has 9 nitrogen and oxygen atoms in total. The Balaban J connectivity index is 0.000000617. The summed E-state index contributed by atoms with van der Waals surface area (Å²) in [6.45, 7) is 5.98. The average molecular weight is 653 g/mol. The van der Waals surface area contributed by atoms with Crippen molar-refractivity contribution >= 4 is 23.7 Å². The number of alkyl halides is 3. The van der Waals surface area contributed by atoms with E-state index in [4.69, 9.17) is 9.90 Å². The summed E-state index contributed by atoms with van der Waals surface area (Å²) in [5, 5.41) is 10.1. The van der Waals surface area contributed by atoms with Crippen molar-refractivity contribution < 1.29 is 46.2 Å². The molecule has 3 aliphatic rings. The van der Waals surface area contributed by atoms with Crippen molar-refractivity contribution in [2.45, 2.75) is 57.4 Å². The summed E-state index contributed by atoms with van der Waals surface area (Å²) in [5.41, 5.74) is 2.18. The molecule has 0 radical (unpaired) electrons. The molecule has 3 unspecified atom stereocenters. The van der Waals surface area contributed by atoms with E-state index in [1.54, 1.807) is 4.90 Å². The zero-order valence-corrected chi connectivity index (χ0v) is 25.7. The quantitative estimate of drug-likeness (QED) is 0.462. The number of carboxylic acids is 1. The molecule has 0 saturated carbocycles. The molecule has 2 N–H and O–H groups in total. The van der Waals surface area contributed by atoms with Crippen molar-refractivity contribution in [3.63, 3.8) is 0 Å². The average Bonchev–Trinajstić information content (AvgIpc) is 3.41. The maximum atomic E-state index is 15.4. The molecule has 46 heavy (non-hydrogen) atoms. The van der Waals surface area contributed by atoms with Gasteiger partial charge in [0, 0.05) is 37.8 Å². The molecule has 2 saturated heterocycles. The van der Waals surface area contributed by atoms with Crippen molar-refractivity contribution in [3.05, 3.63) is 70.8 Å². The first-order chi connectivity index (χ1) is 21.6. The number of nitrogens with one attached hydrogen (secondary N) is 1. The summed E-state index contributed by atoms with van der Waals surface area (Å²) in [6, 6.07) is 7.84. The number of amides is 3. The highest BCUT2D eigenvalue weighted by atomic mass is 19.4. The molecule has 0 aromatic heterocycles. The first-order valence-corrected chi connectivity index (χ1v) is 15.0. The summed E-state index contributed by atoms with van der Waals surface area (Å²) in [4.78, 5) is 56.1. The lowest BCUT2D eigenvalue weighted by atomic mass is 9.87. The van der Waals surface area contributed by atoms with Gasteiger partial charge in [-0.1, -0.05) is 44.2 Å². The topological polar surface area (TPSA) is 110 Å². The highest BCUT2D eigenvalue weighted by Gasteiger charge is 2.50. The fourth-order valence-corrected chi connectivity index (χ4v) is 6.20. The van der Waals surface area contributed by atoms with E-state index < -0.39 is 53.7 Å². The highest BCUT2D eigenvalue weighted by molar-refractivity contribution is 6.00. The SMILES string of the molecule is CC(C)CC1C(=O)NC(C2Cc3ccccc3C2)C(=O)N1C(C(=O)N1CCN(C)CC1)c1ccc(F)cc1F.O=C(O)C(F)(F)F.